The molecular weight excluding hydrogens is 378 g/mol. The van der Waals surface area contributed by atoms with Crippen LogP contribution in [0.4, 0.5) is 5.69 Å². The molecular formula is C18H18ClNO5S. The predicted octanol–water partition coefficient (Wildman–Crippen LogP) is 3.94. The fraction of sp³-hybridized carbons (Fsp3) is 0.278. The van der Waals surface area contributed by atoms with Gasteiger partial charge < -0.3 is 14.8 Å². The van der Waals surface area contributed by atoms with Gasteiger partial charge in [0, 0.05) is 12.1 Å². The normalized spacial score (nSPS) is 11.5. The zero-order valence-corrected chi connectivity index (χ0v) is 15.9. The molecule has 1 N–H and O–H groups in total. The van der Waals surface area contributed by atoms with Crippen LogP contribution in [0.1, 0.15) is 29.4 Å². The molecule has 2 rings (SSSR count). The zero-order chi connectivity index (χ0) is 19.1. The standard InChI is InChI=1S/C18H18ClNO5S/c1-11(18(23)20-12-3-5-13(24-2)6-4-12)25-17(22)10-7-14(21)15-8-9-16(19)26-15/h3-6,8-9,11H,7,10H2,1-2H3,(H,20,23)/t11-/m0/s1. The number of carbonyl (C=O) groups is 3. The topological polar surface area (TPSA) is 81.7 Å². The fourth-order valence-corrected chi connectivity index (χ4v) is 3.04. The van der Waals surface area contributed by atoms with Crippen molar-refractivity contribution >= 4 is 46.3 Å². The van der Waals surface area contributed by atoms with E-state index in [1.54, 1.807) is 43.5 Å². The lowest BCUT2D eigenvalue weighted by molar-refractivity contribution is -0.153. The van der Waals surface area contributed by atoms with Crippen molar-refractivity contribution in [2.24, 2.45) is 0 Å². The van der Waals surface area contributed by atoms with Crippen LogP contribution in [0.2, 0.25) is 4.34 Å². The van der Waals surface area contributed by atoms with Gasteiger partial charge in [-0.05, 0) is 43.3 Å². The summed E-state index contributed by atoms with van der Waals surface area (Å²) in [5.41, 5.74) is 0.559. The number of ether oxygens (including phenoxy) is 2. The Bertz CT molecular complexity index is 787. The summed E-state index contributed by atoms with van der Waals surface area (Å²) >= 11 is 6.94. The van der Waals surface area contributed by atoms with E-state index in [9.17, 15) is 14.4 Å². The molecule has 0 aliphatic rings. The number of nitrogens with one attached hydrogen (secondary N) is 1. The van der Waals surface area contributed by atoms with Crippen LogP contribution in [0.3, 0.4) is 0 Å². The first-order valence-corrected chi connectivity index (χ1v) is 9.01. The van der Waals surface area contributed by atoms with Gasteiger partial charge in [0.15, 0.2) is 11.9 Å². The van der Waals surface area contributed by atoms with E-state index in [-0.39, 0.29) is 18.6 Å². The molecule has 0 aliphatic heterocycles. The second kappa shape index (κ2) is 9.35. The largest absolute Gasteiger partial charge is 0.497 e. The number of halogens is 1. The maximum Gasteiger partial charge on any atom is 0.307 e. The number of benzene rings is 1. The van der Waals surface area contributed by atoms with Crippen molar-refractivity contribution < 1.29 is 23.9 Å². The van der Waals surface area contributed by atoms with E-state index in [2.05, 4.69) is 5.32 Å². The number of Topliss-reactive ketones (excluding diaryl/α,β-unsaturated/α-hetero) is 1. The van der Waals surface area contributed by atoms with Crippen LogP contribution < -0.4 is 10.1 Å². The Morgan fingerprint density at radius 1 is 1.12 bits per heavy atom. The van der Waals surface area contributed by atoms with Crippen molar-refractivity contribution in [2.45, 2.75) is 25.9 Å². The molecule has 8 heteroatoms. The predicted molar refractivity (Wildman–Crippen MR) is 100 cm³/mol. The number of thiophene rings is 1. The summed E-state index contributed by atoms with van der Waals surface area (Å²) in [6.07, 6.45) is -1.08. The lowest BCUT2D eigenvalue weighted by Gasteiger charge is -2.13. The van der Waals surface area contributed by atoms with E-state index in [0.29, 0.717) is 20.7 Å². The highest BCUT2D eigenvalue weighted by Crippen LogP contribution is 2.23. The molecule has 1 aromatic carbocycles. The van der Waals surface area contributed by atoms with Gasteiger partial charge in [-0.25, -0.2) is 0 Å². The number of anilines is 1. The Morgan fingerprint density at radius 3 is 2.38 bits per heavy atom. The summed E-state index contributed by atoms with van der Waals surface area (Å²) in [6, 6.07) is 10.0. The van der Waals surface area contributed by atoms with Crippen molar-refractivity contribution in [3.63, 3.8) is 0 Å². The summed E-state index contributed by atoms with van der Waals surface area (Å²) in [5, 5.41) is 2.64. The molecule has 0 spiro atoms. The van der Waals surface area contributed by atoms with Crippen molar-refractivity contribution in [3.8, 4) is 5.75 Å². The fourth-order valence-electron chi connectivity index (χ4n) is 2.03. The van der Waals surface area contributed by atoms with E-state index in [1.807, 2.05) is 0 Å². The Balaban J connectivity index is 1.78. The molecule has 138 valence electrons. The first-order valence-electron chi connectivity index (χ1n) is 7.82. The van der Waals surface area contributed by atoms with E-state index in [0.717, 1.165) is 11.3 Å². The van der Waals surface area contributed by atoms with Crippen LogP contribution in [-0.4, -0.2) is 30.9 Å². The highest BCUT2D eigenvalue weighted by molar-refractivity contribution is 7.18. The van der Waals surface area contributed by atoms with E-state index < -0.39 is 18.0 Å². The van der Waals surface area contributed by atoms with E-state index >= 15 is 0 Å². The second-order valence-corrected chi connectivity index (χ2v) is 7.09. The Hall–Kier alpha value is -2.38. The van der Waals surface area contributed by atoms with Crippen LogP contribution in [0.15, 0.2) is 36.4 Å². The smallest absolute Gasteiger partial charge is 0.307 e. The molecule has 0 fully saturated rings. The van der Waals surface area contributed by atoms with E-state index in [1.165, 1.54) is 6.92 Å². The van der Waals surface area contributed by atoms with Crippen LogP contribution >= 0.6 is 22.9 Å². The van der Waals surface area contributed by atoms with Crippen LogP contribution in [0.5, 0.6) is 5.75 Å². The maximum atomic E-state index is 12.1. The van der Waals surface area contributed by atoms with Gasteiger partial charge in [0.05, 0.1) is 22.7 Å². The Morgan fingerprint density at radius 2 is 1.81 bits per heavy atom. The molecule has 1 amide bonds. The molecule has 0 aliphatic carbocycles. The first-order chi connectivity index (χ1) is 12.4. The molecule has 0 saturated heterocycles. The minimum absolute atomic E-state index is 0.00247. The molecule has 26 heavy (non-hydrogen) atoms. The second-order valence-electron chi connectivity index (χ2n) is 5.38. The highest BCUT2D eigenvalue weighted by atomic mass is 35.5. The van der Waals surface area contributed by atoms with Gasteiger partial charge in [0.2, 0.25) is 0 Å². The van der Waals surface area contributed by atoms with Gasteiger partial charge in [-0.3, -0.25) is 14.4 Å². The summed E-state index contributed by atoms with van der Waals surface area (Å²) in [7, 11) is 1.55. The minimum Gasteiger partial charge on any atom is -0.497 e. The average Bonchev–Trinajstić information content (AvgIpc) is 3.06. The average molecular weight is 396 g/mol. The van der Waals surface area contributed by atoms with Crippen molar-refractivity contribution in [2.75, 3.05) is 12.4 Å². The molecule has 0 saturated carbocycles. The number of esters is 1. The van der Waals surface area contributed by atoms with Crippen LogP contribution in [0, 0.1) is 0 Å². The molecule has 2 aromatic rings. The van der Waals surface area contributed by atoms with Gasteiger partial charge in [-0.1, -0.05) is 11.6 Å². The first kappa shape index (κ1) is 19.9. The van der Waals surface area contributed by atoms with Crippen LogP contribution in [-0.2, 0) is 14.3 Å². The van der Waals surface area contributed by atoms with Gasteiger partial charge in [-0.2, -0.15) is 0 Å². The molecule has 0 unspecified atom stereocenters. The molecule has 1 atom stereocenters. The molecule has 6 nitrogen and oxygen atoms in total. The summed E-state index contributed by atoms with van der Waals surface area (Å²) in [4.78, 5) is 36.3. The highest BCUT2D eigenvalue weighted by Gasteiger charge is 2.19. The number of amides is 1. The monoisotopic (exact) mass is 395 g/mol. The number of hydrogen-bond acceptors (Lipinski definition) is 6. The van der Waals surface area contributed by atoms with Crippen molar-refractivity contribution in [1.29, 1.82) is 0 Å². The maximum absolute atomic E-state index is 12.1. The third-order valence-electron chi connectivity index (χ3n) is 3.44. The summed E-state index contributed by atoms with van der Waals surface area (Å²) in [6.45, 7) is 1.47. The van der Waals surface area contributed by atoms with E-state index in [4.69, 9.17) is 21.1 Å². The van der Waals surface area contributed by atoms with Gasteiger partial charge in [0.25, 0.3) is 5.91 Å². The van der Waals surface area contributed by atoms with Gasteiger partial charge >= 0.3 is 5.97 Å². The molecule has 1 aromatic heterocycles. The van der Waals surface area contributed by atoms with Crippen LogP contribution in [0.25, 0.3) is 0 Å². The Labute approximate surface area is 160 Å². The summed E-state index contributed by atoms with van der Waals surface area (Å²) < 4.78 is 10.6. The number of hydrogen-bond donors (Lipinski definition) is 1. The third kappa shape index (κ3) is 5.86. The third-order valence-corrected chi connectivity index (χ3v) is 4.71. The van der Waals surface area contributed by atoms with Crippen molar-refractivity contribution in [1.82, 2.24) is 0 Å². The number of carbonyl (C=O) groups excluding carboxylic acids is 3. The lowest BCUT2D eigenvalue weighted by atomic mass is 10.2. The SMILES string of the molecule is COc1ccc(NC(=O)[C@H](C)OC(=O)CCC(=O)c2ccc(Cl)s2)cc1. The lowest BCUT2D eigenvalue weighted by Crippen LogP contribution is -2.30. The molecule has 1 heterocycles. The van der Waals surface area contributed by atoms with Gasteiger partial charge in [0.1, 0.15) is 5.75 Å². The number of rotatable bonds is 8. The Kier molecular flexibility index (Phi) is 7.17. The quantitative estimate of drug-likeness (QED) is 0.540. The minimum atomic E-state index is -0.976. The number of ketones is 1. The molecule has 0 radical (unpaired) electrons. The molecule has 0 bridgehead atoms. The van der Waals surface area contributed by atoms with Crippen molar-refractivity contribution in [3.05, 3.63) is 45.6 Å². The summed E-state index contributed by atoms with van der Waals surface area (Å²) in [5.74, 6) is -0.591. The zero-order valence-electron chi connectivity index (χ0n) is 14.3. The number of methoxy groups -OCH3 is 1. The van der Waals surface area contributed by atoms with Gasteiger partial charge in [-0.15, -0.1) is 11.3 Å².